The van der Waals surface area contributed by atoms with Gasteiger partial charge in [0.05, 0.1) is 16.8 Å². The van der Waals surface area contributed by atoms with Crippen LogP contribution in [0.2, 0.25) is 0 Å². The predicted octanol–water partition coefficient (Wildman–Crippen LogP) is 14.8. The summed E-state index contributed by atoms with van der Waals surface area (Å²) in [4.78, 5) is 26.9. The molecule has 1 aliphatic rings. The van der Waals surface area contributed by atoms with E-state index in [1.165, 1.54) is 70.3 Å². The molecule has 3 aromatic heterocycles. The number of benzene rings is 4. The summed E-state index contributed by atoms with van der Waals surface area (Å²) in [6.45, 7) is 20.9. The van der Waals surface area contributed by atoms with Crippen molar-refractivity contribution >= 4 is 49.5 Å². The Hall–Kier alpha value is -4.71. The number of carbonyl (C=O) groups is 1. The van der Waals surface area contributed by atoms with Crippen LogP contribution in [0.15, 0.2) is 83.2 Å². The smallest absolute Gasteiger partial charge is 0.216 e. The van der Waals surface area contributed by atoms with Gasteiger partial charge in [0, 0.05) is 59.0 Å². The summed E-state index contributed by atoms with van der Waals surface area (Å²) in [7, 11) is 0. The molecule has 1 saturated carbocycles. The molecule has 0 saturated heterocycles. The summed E-state index contributed by atoms with van der Waals surface area (Å²) in [6.07, 6.45) is 11.6. The number of pyridine rings is 1. The van der Waals surface area contributed by atoms with E-state index in [0.29, 0.717) is 11.6 Å². The Balaban J connectivity index is 0.000000287. The number of hydrogen-bond acceptors (Lipinski definition) is 6. The van der Waals surface area contributed by atoms with Crippen LogP contribution < -0.4 is 0 Å². The molecule has 1 fully saturated rings. The zero-order valence-electron chi connectivity index (χ0n) is 37.1. The number of aromatic nitrogens is 3. The Morgan fingerprint density at radius 1 is 0.833 bits per heavy atom. The van der Waals surface area contributed by atoms with Crippen molar-refractivity contribution in [3.63, 3.8) is 0 Å². The summed E-state index contributed by atoms with van der Waals surface area (Å²) < 4.78 is 6.54. The van der Waals surface area contributed by atoms with Crippen molar-refractivity contribution in [1.82, 2.24) is 15.0 Å². The molecule has 1 aliphatic carbocycles. The minimum atomic E-state index is -0.337. The number of aliphatic hydroxyl groups is 1. The Kier molecular flexibility index (Phi) is 13.5. The third-order valence-electron chi connectivity index (χ3n) is 14.1. The molecule has 7 heteroatoms. The number of aryl methyl sites for hydroxylation is 4. The Morgan fingerprint density at radius 2 is 1.48 bits per heavy atom. The van der Waals surface area contributed by atoms with Gasteiger partial charge in [0.2, 0.25) is 5.71 Å². The molecule has 0 unspecified atom stereocenters. The van der Waals surface area contributed by atoms with Gasteiger partial charge in [-0.1, -0.05) is 102 Å². The van der Waals surface area contributed by atoms with Crippen LogP contribution in [0.25, 0.3) is 66.3 Å². The number of ketones is 1. The molecule has 1 radical (unpaired) electrons. The quantitative estimate of drug-likeness (QED) is 0.0636. The van der Waals surface area contributed by atoms with Crippen molar-refractivity contribution < 1.29 is 34.4 Å². The third-order valence-corrected chi connectivity index (χ3v) is 14.1. The van der Waals surface area contributed by atoms with E-state index in [-0.39, 0.29) is 42.5 Å². The second-order valence-electron chi connectivity index (χ2n) is 17.4. The molecule has 0 atom stereocenters. The summed E-state index contributed by atoms with van der Waals surface area (Å²) in [5.41, 5.74) is 12.2. The van der Waals surface area contributed by atoms with Crippen molar-refractivity contribution in [1.29, 1.82) is 0 Å². The molecule has 0 amide bonds. The number of nitrogens with zero attached hydrogens (tertiary/aromatic N) is 3. The maximum Gasteiger partial charge on any atom is 0.216 e. The first kappa shape index (κ1) is 44.8. The number of hydrogen-bond donors (Lipinski definition) is 1. The molecule has 0 aliphatic heterocycles. The molecule has 60 heavy (non-hydrogen) atoms. The van der Waals surface area contributed by atoms with E-state index < -0.39 is 0 Å². The van der Waals surface area contributed by atoms with Crippen LogP contribution in [-0.4, -0.2) is 25.8 Å². The van der Waals surface area contributed by atoms with Crippen LogP contribution in [0.5, 0.6) is 0 Å². The van der Waals surface area contributed by atoms with Gasteiger partial charge in [0.1, 0.15) is 12.1 Å². The van der Waals surface area contributed by atoms with Crippen molar-refractivity contribution in [3.8, 4) is 22.5 Å². The molecule has 7 aromatic rings. The normalized spacial score (nSPS) is 13.9. The Morgan fingerprint density at radius 3 is 2.13 bits per heavy atom. The monoisotopic (exact) mass is 979 g/mol. The Bertz CT molecular complexity index is 2710. The summed E-state index contributed by atoms with van der Waals surface area (Å²) in [6, 6.07) is 24.8. The van der Waals surface area contributed by atoms with Gasteiger partial charge >= 0.3 is 0 Å². The van der Waals surface area contributed by atoms with Crippen LogP contribution in [0.4, 0.5) is 0 Å². The van der Waals surface area contributed by atoms with Crippen LogP contribution in [0, 0.1) is 44.6 Å². The zero-order chi connectivity index (χ0) is 42.2. The van der Waals surface area contributed by atoms with E-state index in [2.05, 4.69) is 88.4 Å². The molecule has 4 aromatic carbocycles. The third kappa shape index (κ3) is 8.08. The summed E-state index contributed by atoms with van der Waals surface area (Å²) in [5, 5.41) is 15.6. The molecule has 0 spiro atoms. The van der Waals surface area contributed by atoms with E-state index in [1.54, 1.807) is 6.33 Å². The number of aliphatic hydroxyl groups excluding tert-OH is 1. The molecule has 1 N–H and O–H groups in total. The number of fused-ring (bicyclic) bond motifs is 6. The Labute approximate surface area is 369 Å². The SMILES string of the molecule is CCC(C)(CC)C(=O)/C=C(\O)C(C)(CC)CC.Cc1cccc(C)c1-c1ccc2c(n1)oc1c(-c3ncnc4c3ccc3cc(C)c(C5CCCC5)c(C)c34)[c-]ccc12.[Ir]. The number of allylic oxidation sites excluding steroid dienone is 2. The van der Waals surface area contributed by atoms with Crippen molar-refractivity contribution in [2.24, 2.45) is 10.8 Å². The molecule has 0 bridgehead atoms. The fraction of sp³-hybridized carbons (Fsp3) is 0.396. The number of furan rings is 1. The van der Waals surface area contributed by atoms with E-state index >= 15 is 0 Å². The zero-order valence-corrected chi connectivity index (χ0v) is 39.5. The van der Waals surface area contributed by atoms with Crippen LogP contribution >= 0.6 is 0 Å². The topological polar surface area (TPSA) is 89.1 Å². The van der Waals surface area contributed by atoms with Gasteiger partial charge in [-0.15, -0.1) is 18.2 Å². The summed E-state index contributed by atoms with van der Waals surface area (Å²) >= 11 is 0. The first-order valence-electron chi connectivity index (χ1n) is 21.7. The number of rotatable bonds is 10. The molecule has 8 rings (SSSR count). The van der Waals surface area contributed by atoms with E-state index in [0.717, 1.165) is 75.5 Å². The van der Waals surface area contributed by atoms with Gasteiger partial charge < -0.3 is 9.52 Å². The van der Waals surface area contributed by atoms with Crippen molar-refractivity contribution in [3.05, 3.63) is 113 Å². The fourth-order valence-electron chi connectivity index (χ4n) is 9.28. The second-order valence-corrected chi connectivity index (χ2v) is 17.4. The first-order valence-corrected chi connectivity index (χ1v) is 21.7. The van der Waals surface area contributed by atoms with E-state index in [1.807, 2.05) is 47.6 Å². The minimum absolute atomic E-state index is 0. The standard InChI is InChI=1S/C38H32N3O.C15H28O2.Ir/c1-21-9-7-10-22(2)32(21)31-18-17-28-27-13-8-14-30(37(27)42-38(28)41-31)35-29-16-15-26-19-23(3)33(25-11-5-6-12-25)24(4)34(26)36(29)40-20-39-35;1-7-14(5,8-2)12(16)11-13(17)15(6,9-3)10-4;/h7-10,13,15-20,25H,5-6,11-12H2,1-4H3;11,16H,7-10H2,1-6H3;/q-1;;/b;12-11-;. The number of carbonyl (C=O) groups excluding carboxylic acids is 1. The van der Waals surface area contributed by atoms with Gasteiger partial charge in [-0.3, -0.25) is 9.78 Å². The predicted molar refractivity (Wildman–Crippen MR) is 245 cm³/mol. The van der Waals surface area contributed by atoms with Crippen molar-refractivity contribution in [2.75, 3.05) is 0 Å². The van der Waals surface area contributed by atoms with Gasteiger partial charge in [0.25, 0.3) is 0 Å². The van der Waals surface area contributed by atoms with Crippen LogP contribution in [0.3, 0.4) is 0 Å². The second kappa shape index (κ2) is 18.1. The maximum atomic E-state index is 12.2. The maximum absolute atomic E-state index is 12.2. The van der Waals surface area contributed by atoms with Gasteiger partial charge in [-0.25, -0.2) is 9.97 Å². The molecule has 6 nitrogen and oxygen atoms in total. The van der Waals surface area contributed by atoms with Gasteiger partial charge in [-0.05, 0) is 123 Å². The average Bonchev–Trinajstić information content (AvgIpc) is 3.91. The molecule has 315 valence electrons. The van der Waals surface area contributed by atoms with Gasteiger partial charge in [-0.2, -0.15) is 0 Å². The molecule has 3 heterocycles. The van der Waals surface area contributed by atoms with E-state index in [4.69, 9.17) is 19.4 Å². The van der Waals surface area contributed by atoms with Crippen molar-refractivity contribution in [2.45, 2.75) is 127 Å². The van der Waals surface area contributed by atoms with E-state index in [9.17, 15) is 9.90 Å². The van der Waals surface area contributed by atoms with Crippen LogP contribution in [-0.2, 0) is 24.9 Å². The molecular formula is C53H60IrN3O3-. The van der Waals surface area contributed by atoms with Crippen LogP contribution in [0.1, 0.15) is 127 Å². The first-order chi connectivity index (χ1) is 28.3. The average molecular weight is 979 g/mol. The van der Waals surface area contributed by atoms with Gasteiger partial charge in [0.15, 0.2) is 5.78 Å². The summed E-state index contributed by atoms with van der Waals surface area (Å²) in [5.74, 6) is 0.929. The largest absolute Gasteiger partial charge is 0.512 e. The molecular weight excluding hydrogens is 919 g/mol. The minimum Gasteiger partial charge on any atom is -0.512 e. The fourth-order valence-corrected chi connectivity index (χ4v) is 9.28.